The van der Waals surface area contributed by atoms with Gasteiger partial charge in [0.15, 0.2) is 5.82 Å². The molecule has 2 aromatic carbocycles. The Balaban J connectivity index is 2.17. The van der Waals surface area contributed by atoms with Gasteiger partial charge in [0.1, 0.15) is 11.5 Å². The lowest BCUT2D eigenvalue weighted by molar-refractivity contribution is 0.608. The van der Waals surface area contributed by atoms with Gasteiger partial charge in [-0.2, -0.15) is 4.68 Å². The van der Waals surface area contributed by atoms with Crippen molar-refractivity contribution < 1.29 is 4.39 Å². The Bertz CT molecular complexity index is 796. The van der Waals surface area contributed by atoms with Crippen molar-refractivity contribution in [3.63, 3.8) is 0 Å². The van der Waals surface area contributed by atoms with Crippen molar-refractivity contribution in [3.05, 3.63) is 47.2 Å². The molecule has 4 N–H and O–H groups in total. The van der Waals surface area contributed by atoms with Gasteiger partial charge in [0.05, 0.1) is 0 Å². The van der Waals surface area contributed by atoms with Crippen molar-refractivity contribution in [2.24, 2.45) is 0 Å². The summed E-state index contributed by atoms with van der Waals surface area (Å²) in [5.74, 6) is -0.205. The van der Waals surface area contributed by atoms with E-state index in [-0.39, 0.29) is 5.69 Å². The second-order valence-electron chi connectivity index (χ2n) is 4.40. The maximum absolute atomic E-state index is 14.0. The van der Waals surface area contributed by atoms with Crippen LogP contribution in [0.1, 0.15) is 0 Å². The SMILES string of the molecule is Nc1cc(N)cc(-c2nnnn2-c2ccc(Cl)cc2F)c1. The number of benzene rings is 2. The van der Waals surface area contributed by atoms with E-state index < -0.39 is 5.82 Å². The van der Waals surface area contributed by atoms with Gasteiger partial charge in [-0.3, -0.25) is 0 Å². The van der Waals surface area contributed by atoms with Crippen LogP contribution < -0.4 is 11.5 Å². The largest absolute Gasteiger partial charge is 0.399 e. The number of anilines is 2. The van der Waals surface area contributed by atoms with E-state index in [4.69, 9.17) is 23.1 Å². The summed E-state index contributed by atoms with van der Waals surface area (Å²) in [4.78, 5) is 0. The average Bonchev–Trinajstić information content (AvgIpc) is 2.86. The fraction of sp³-hybridized carbons (Fsp3) is 0. The molecule has 0 amide bonds. The van der Waals surface area contributed by atoms with Crippen LogP contribution in [0.3, 0.4) is 0 Å². The normalized spacial score (nSPS) is 10.8. The van der Waals surface area contributed by atoms with Gasteiger partial charge in [-0.05, 0) is 46.8 Å². The molecule has 0 aliphatic carbocycles. The number of nitrogen functional groups attached to an aromatic ring is 2. The zero-order chi connectivity index (χ0) is 15.0. The van der Waals surface area contributed by atoms with E-state index in [1.54, 1.807) is 24.3 Å². The van der Waals surface area contributed by atoms with Crippen LogP contribution in [-0.4, -0.2) is 20.2 Å². The van der Waals surface area contributed by atoms with Crippen LogP contribution in [0, 0.1) is 5.82 Å². The van der Waals surface area contributed by atoms with Gasteiger partial charge in [-0.25, -0.2) is 4.39 Å². The summed E-state index contributed by atoms with van der Waals surface area (Å²) in [6.45, 7) is 0. The number of aromatic nitrogens is 4. The molecular formula is C13H10ClFN6. The molecule has 0 saturated heterocycles. The average molecular weight is 305 g/mol. The Morgan fingerprint density at radius 1 is 1.05 bits per heavy atom. The highest BCUT2D eigenvalue weighted by molar-refractivity contribution is 6.30. The molecule has 0 saturated carbocycles. The third-order valence-corrected chi connectivity index (χ3v) is 3.08. The predicted molar refractivity (Wildman–Crippen MR) is 78.4 cm³/mol. The van der Waals surface area contributed by atoms with Crippen molar-refractivity contribution in [2.75, 3.05) is 11.5 Å². The summed E-state index contributed by atoms with van der Waals surface area (Å²) < 4.78 is 15.3. The molecule has 6 nitrogen and oxygen atoms in total. The number of nitrogens with two attached hydrogens (primary N) is 2. The lowest BCUT2D eigenvalue weighted by atomic mass is 10.1. The number of tetrazole rings is 1. The topological polar surface area (TPSA) is 95.6 Å². The van der Waals surface area contributed by atoms with E-state index >= 15 is 0 Å². The van der Waals surface area contributed by atoms with Gasteiger partial charge in [0.25, 0.3) is 0 Å². The predicted octanol–water partition coefficient (Wildman–Crippen LogP) is 2.29. The highest BCUT2D eigenvalue weighted by atomic mass is 35.5. The second kappa shape index (κ2) is 5.02. The van der Waals surface area contributed by atoms with Crippen LogP contribution in [0.4, 0.5) is 15.8 Å². The van der Waals surface area contributed by atoms with Gasteiger partial charge in [0.2, 0.25) is 0 Å². The van der Waals surface area contributed by atoms with Crippen LogP contribution in [-0.2, 0) is 0 Å². The minimum Gasteiger partial charge on any atom is -0.399 e. The third-order valence-electron chi connectivity index (χ3n) is 2.84. The molecule has 1 heterocycles. The molecule has 1 aromatic heterocycles. The molecule has 0 spiro atoms. The lowest BCUT2D eigenvalue weighted by Gasteiger charge is -2.07. The minimum absolute atomic E-state index is 0.181. The van der Waals surface area contributed by atoms with E-state index in [1.165, 1.54) is 16.8 Å². The summed E-state index contributed by atoms with van der Waals surface area (Å²) in [6.07, 6.45) is 0. The van der Waals surface area contributed by atoms with Crippen LogP contribution in [0.2, 0.25) is 5.02 Å². The van der Waals surface area contributed by atoms with Crippen molar-refractivity contribution in [1.29, 1.82) is 0 Å². The molecule has 0 aliphatic heterocycles. The maximum Gasteiger partial charge on any atom is 0.187 e. The molecule has 8 heteroatoms. The molecule has 106 valence electrons. The Hall–Kier alpha value is -2.67. The smallest absolute Gasteiger partial charge is 0.187 e. The molecule has 3 aromatic rings. The Morgan fingerprint density at radius 3 is 2.43 bits per heavy atom. The molecule has 0 unspecified atom stereocenters. The highest BCUT2D eigenvalue weighted by Gasteiger charge is 2.15. The first-order valence-corrected chi connectivity index (χ1v) is 6.32. The first kappa shape index (κ1) is 13.3. The van der Waals surface area contributed by atoms with Gasteiger partial charge in [-0.1, -0.05) is 11.6 Å². The van der Waals surface area contributed by atoms with Crippen molar-refractivity contribution in [2.45, 2.75) is 0 Å². The van der Waals surface area contributed by atoms with Crippen molar-refractivity contribution in [3.8, 4) is 17.1 Å². The fourth-order valence-electron chi connectivity index (χ4n) is 1.99. The Morgan fingerprint density at radius 2 is 1.76 bits per heavy atom. The quantitative estimate of drug-likeness (QED) is 0.708. The van der Waals surface area contributed by atoms with Gasteiger partial charge in [0, 0.05) is 22.0 Å². The number of halogens is 2. The highest BCUT2D eigenvalue weighted by Crippen LogP contribution is 2.26. The third kappa shape index (κ3) is 2.50. The first-order valence-electron chi connectivity index (χ1n) is 5.95. The van der Waals surface area contributed by atoms with Crippen molar-refractivity contribution in [1.82, 2.24) is 20.2 Å². The van der Waals surface area contributed by atoms with Crippen molar-refractivity contribution >= 4 is 23.0 Å². The first-order chi connectivity index (χ1) is 10.0. The van der Waals surface area contributed by atoms with E-state index in [2.05, 4.69) is 15.5 Å². The monoisotopic (exact) mass is 304 g/mol. The zero-order valence-electron chi connectivity index (χ0n) is 10.7. The van der Waals surface area contributed by atoms with Crippen LogP contribution in [0.5, 0.6) is 0 Å². The molecule has 3 rings (SSSR count). The van der Waals surface area contributed by atoms with E-state index in [0.717, 1.165) is 0 Å². The molecular weight excluding hydrogens is 295 g/mol. The number of nitrogens with zero attached hydrogens (tertiary/aromatic N) is 4. The van der Waals surface area contributed by atoms with E-state index in [1.807, 2.05) is 0 Å². The zero-order valence-corrected chi connectivity index (χ0v) is 11.4. The molecule has 21 heavy (non-hydrogen) atoms. The van der Waals surface area contributed by atoms with E-state index in [9.17, 15) is 4.39 Å². The van der Waals surface area contributed by atoms with Gasteiger partial charge < -0.3 is 11.5 Å². The summed E-state index contributed by atoms with van der Waals surface area (Å²) in [6, 6.07) is 9.17. The Labute approximate surface area is 124 Å². The summed E-state index contributed by atoms with van der Waals surface area (Å²) in [5.41, 5.74) is 13.2. The molecule has 0 radical (unpaired) electrons. The van der Waals surface area contributed by atoms with E-state index in [0.29, 0.717) is 27.8 Å². The van der Waals surface area contributed by atoms with Gasteiger partial charge in [-0.15, -0.1) is 5.10 Å². The molecule has 0 atom stereocenters. The Kier molecular flexibility index (Phi) is 3.19. The lowest BCUT2D eigenvalue weighted by Crippen LogP contribution is -2.03. The molecule has 0 fully saturated rings. The van der Waals surface area contributed by atoms with Crippen LogP contribution in [0.15, 0.2) is 36.4 Å². The summed E-state index contributed by atoms with van der Waals surface area (Å²) in [7, 11) is 0. The maximum atomic E-state index is 14.0. The number of rotatable bonds is 2. The minimum atomic E-state index is -0.534. The van der Waals surface area contributed by atoms with Gasteiger partial charge >= 0.3 is 0 Å². The number of hydrogen-bond donors (Lipinski definition) is 2. The molecule has 0 aliphatic rings. The second-order valence-corrected chi connectivity index (χ2v) is 4.83. The standard InChI is InChI=1S/C13H10ClFN6/c14-8-1-2-12(11(15)5-8)21-13(18-19-20-21)7-3-9(16)6-10(17)4-7/h1-6H,16-17H2. The van der Waals surface area contributed by atoms with Crippen LogP contribution >= 0.6 is 11.6 Å². The van der Waals surface area contributed by atoms with Crippen LogP contribution in [0.25, 0.3) is 17.1 Å². The summed E-state index contributed by atoms with van der Waals surface area (Å²) in [5, 5.41) is 11.6. The number of hydrogen-bond acceptors (Lipinski definition) is 5. The fourth-order valence-corrected chi connectivity index (χ4v) is 2.15. The summed E-state index contributed by atoms with van der Waals surface area (Å²) >= 11 is 5.74. The molecule has 0 bridgehead atoms.